The minimum absolute atomic E-state index is 0.0586. The zero-order valence-corrected chi connectivity index (χ0v) is 14.3. The highest BCUT2D eigenvalue weighted by atomic mass is 19.4. The second-order valence-electron chi connectivity index (χ2n) is 6.36. The molecule has 3 rings (SSSR count). The summed E-state index contributed by atoms with van der Waals surface area (Å²) >= 11 is 0. The Balaban J connectivity index is 1.56. The number of carbonyl (C=O) groups excluding carboxylic acids is 3. The van der Waals surface area contributed by atoms with E-state index in [4.69, 9.17) is 0 Å². The van der Waals surface area contributed by atoms with E-state index in [1.807, 2.05) is 0 Å². The van der Waals surface area contributed by atoms with Gasteiger partial charge in [-0.2, -0.15) is 13.2 Å². The van der Waals surface area contributed by atoms with Gasteiger partial charge in [0.25, 0.3) is 5.91 Å². The molecule has 146 valence electrons. The number of anilines is 1. The number of likely N-dealkylation sites (tertiary alicyclic amines) is 1. The van der Waals surface area contributed by atoms with Crippen LogP contribution in [-0.4, -0.2) is 66.3 Å². The molecule has 2 aliphatic heterocycles. The normalized spacial score (nSPS) is 19.0. The first kappa shape index (κ1) is 19.0. The molecule has 2 saturated heterocycles. The molecule has 0 unspecified atom stereocenters. The van der Waals surface area contributed by atoms with Crippen molar-refractivity contribution in [2.75, 3.05) is 31.1 Å². The maximum Gasteiger partial charge on any atom is 0.422 e. The number of benzene rings is 1. The van der Waals surface area contributed by atoms with E-state index in [-0.39, 0.29) is 31.6 Å². The molecule has 0 N–H and O–H groups in total. The van der Waals surface area contributed by atoms with Crippen molar-refractivity contribution in [3.8, 4) is 0 Å². The van der Waals surface area contributed by atoms with Crippen LogP contribution in [0.1, 0.15) is 12.8 Å². The van der Waals surface area contributed by atoms with E-state index < -0.39 is 24.9 Å². The van der Waals surface area contributed by atoms with Crippen LogP contribution in [0.15, 0.2) is 30.3 Å². The summed E-state index contributed by atoms with van der Waals surface area (Å²) in [6, 6.07) is 7.87. The van der Waals surface area contributed by atoms with Gasteiger partial charge in [0.15, 0.2) is 6.61 Å². The predicted molar refractivity (Wildman–Crippen MR) is 88.0 cm³/mol. The van der Waals surface area contributed by atoms with Crippen molar-refractivity contribution in [2.45, 2.75) is 25.1 Å². The third-order valence-electron chi connectivity index (χ3n) is 4.53. The summed E-state index contributed by atoms with van der Waals surface area (Å²) in [4.78, 5) is 40.3. The van der Waals surface area contributed by atoms with E-state index >= 15 is 0 Å². The van der Waals surface area contributed by atoms with Crippen molar-refractivity contribution in [1.82, 2.24) is 9.80 Å². The van der Waals surface area contributed by atoms with Gasteiger partial charge in [-0.3, -0.25) is 4.79 Å². The van der Waals surface area contributed by atoms with E-state index in [2.05, 4.69) is 4.74 Å². The van der Waals surface area contributed by atoms with Crippen molar-refractivity contribution >= 4 is 23.7 Å². The van der Waals surface area contributed by atoms with Crippen LogP contribution in [0, 0.1) is 0 Å². The lowest BCUT2D eigenvalue weighted by atomic mass is 10.0. The van der Waals surface area contributed by atoms with Crippen molar-refractivity contribution in [3.63, 3.8) is 0 Å². The van der Waals surface area contributed by atoms with Crippen LogP contribution < -0.4 is 4.90 Å². The molecule has 0 spiro atoms. The summed E-state index contributed by atoms with van der Waals surface area (Å²) in [7, 11) is 0. The number of hydrogen-bond donors (Lipinski definition) is 0. The Morgan fingerprint density at radius 3 is 2.33 bits per heavy atom. The Labute approximate surface area is 153 Å². The SMILES string of the molecule is O=C(OCC(F)(F)F)N1CCC(N2CC(=O)N(c3ccccc3)C2=O)CC1. The number of rotatable bonds is 3. The van der Waals surface area contributed by atoms with Crippen LogP contribution in [-0.2, 0) is 9.53 Å². The average molecular weight is 385 g/mol. The maximum atomic E-state index is 12.6. The van der Waals surface area contributed by atoms with Crippen LogP contribution in [0.2, 0.25) is 0 Å². The van der Waals surface area contributed by atoms with E-state index in [1.54, 1.807) is 30.3 Å². The van der Waals surface area contributed by atoms with Gasteiger partial charge >= 0.3 is 18.3 Å². The molecule has 2 aliphatic rings. The van der Waals surface area contributed by atoms with Crippen LogP contribution in [0.25, 0.3) is 0 Å². The van der Waals surface area contributed by atoms with Gasteiger partial charge < -0.3 is 14.5 Å². The monoisotopic (exact) mass is 385 g/mol. The highest BCUT2D eigenvalue weighted by Crippen LogP contribution is 2.26. The molecule has 2 fully saturated rings. The summed E-state index contributed by atoms with van der Waals surface area (Å²) in [5.41, 5.74) is 0.489. The fraction of sp³-hybridized carbons (Fsp3) is 0.471. The van der Waals surface area contributed by atoms with Gasteiger partial charge in [0.2, 0.25) is 0 Å². The number of piperidine rings is 1. The molecule has 0 saturated carbocycles. The lowest BCUT2D eigenvalue weighted by Gasteiger charge is -2.35. The number of carbonyl (C=O) groups is 3. The number of imide groups is 1. The highest BCUT2D eigenvalue weighted by Gasteiger charge is 2.42. The first-order valence-corrected chi connectivity index (χ1v) is 8.43. The summed E-state index contributed by atoms with van der Waals surface area (Å²) < 4.78 is 40.6. The van der Waals surface area contributed by atoms with E-state index in [0.717, 1.165) is 4.90 Å². The average Bonchev–Trinajstić information content (AvgIpc) is 2.94. The first-order chi connectivity index (χ1) is 12.8. The molecule has 1 aromatic carbocycles. The second-order valence-corrected chi connectivity index (χ2v) is 6.36. The minimum atomic E-state index is -4.57. The Hall–Kier alpha value is -2.78. The number of hydrogen-bond acceptors (Lipinski definition) is 4. The number of halogens is 3. The molecular formula is C17H18F3N3O4. The second kappa shape index (κ2) is 7.45. The number of alkyl halides is 3. The molecule has 7 nitrogen and oxygen atoms in total. The minimum Gasteiger partial charge on any atom is -0.440 e. The molecule has 0 atom stereocenters. The fourth-order valence-electron chi connectivity index (χ4n) is 3.23. The highest BCUT2D eigenvalue weighted by molar-refractivity contribution is 6.19. The smallest absolute Gasteiger partial charge is 0.422 e. The van der Waals surface area contributed by atoms with Gasteiger partial charge in [0.1, 0.15) is 6.54 Å². The van der Waals surface area contributed by atoms with E-state index in [0.29, 0.717) is 18.5 Å². The fourth-order valence-corrected chi connectivity index (χ4v) is 3.23. The van der Waals surface area contributed by atoms with Crippen molar-refractivity contribution < 1.29 is 32.3 Å². The number of ether oxygens (including phenoxy) is 1. The van der Waals surface area contributed by atoms with Gasteiger partial charge in [-0.25, -0.2) is 14.5 Å². The van der Waals surface area contributed by atoms with E-state index in [9.17, 15) is 27.6 Å². The Morgan fingerprint density at radius 2 is 1.74 bits per heavy atom. The summed E-state index contributed by atoms with van der Waals surface area (Å²) in [5.74, 6) is -0.335. The molecule has 0 aromatic heterocycles. The molecule has 0 aliphatic carbocycles. The van der Waals surface area contributed by atoms with Gasteiger partial charge in [-0.1, -0.05) is 18.2 Å². The van der Waals surface area contributed by atoms with Gasteiger partial charge in [0, 0.05) is 19.1 Å². The topological polar surface area (TPSA) is 70.2 Å². The van der Waals surface area contributed by atoms with Crippen LogP contribution in [0.4, 0.5) is 28.4 Å². The molecule has 0 bridgehead atoms. The predicted octanol–water partition coefficient (Wildman–Crippen LogP) is 2.62. The Bertz CT molecular complexity index is 718. The van der Waals surface area contributed by atoms with Crippen LogP contribution in [0.5, 0.6) is 0 Å². The molecule has 1 aromatic rings. The number of amides is 4. The number of para-hydroxylation sites is 1. The van der Waals surface area contributed by atoms with E-state index in [1.165, 1.54) is 9.80 Å². The largest absolute Gasteiger partial charge is 0.440 e. The van der Waals surface area contributed by atoms with Gasteiger partial charge in [-0.15, -0.1) is 0 Å². The lowest BCUT2D eigenvalue weighted by Crippen LogP contribution is -2.48. The third-order valence-corrected chi connectivity index (χ3v) is 4.53. The van der Waals surface area contributed by atoms with Crippen molar-refractivity contribution in [1.29, 1.82) is 0 Å². The molecule has 2 heterocycles. The number of nitrogens with zero attached hydrogens (tertiary/aromatic N) is 3. The Morgan fingerprint density at radius 1 is 1.11 bits per heavy atom. The molecule has 10 heteroatoms. The molecule has 4 amide bonds. The Kier molecular flexibility index (Phi) is 5.24. The quantitative estimate of drug-likeness (QED) is 0.750. The lowest BCUT2D eigenvalue weighted by molar-refractivity contribution is -0.162. The van der Waals surface area contributed by atoms with Crippen LogP contribution in [0.3, 0.4) is 0 Å². The van der Waals surface area contributed by atoms with Gasteiger partial charge in [0.05, 0.1) is 5.69 Å². The van der Waals surface area contributed by atoms with Gasteiger partial charge in [-0.05, 0) is 25.0 Å². The number of urea groups is 1. The zero-order valence-electron chi connectivity index (χ0n) is 14.3. The molecular weight excluding hydrogens is 367 g/mol. The van der Waals surface area contributed by atoms with Crippen LogP contribution >= 0.6 is 0 Å². The summed E-state index contributed by atoms with van der Waals surface area (Å²) in [5, 5.41) is 0. The zero-order chi connectivity index (χ0) is 19.6. The van der Waals surface area contributed by atoms with Crippen molar-refractivity contribution in [3.05, 3.63) is 30.3 Å². The first-order valence-electron chi connectivity index (χ1n) is 8.43. The summed E-state index contributed by atoms with van der Waals surface area (Å²) in [6.45, 7) is -1.37. The maximum absolute atomic E-state index is 12.6. The van der Waals surface area contributed by atoms with Crippen molar-refractivity contribution in [2.24, 2.45) is 0 Å². The standard InChI is InChI=1S/C17H18F3N3O4/c18-17(19,20)11-27-16(26)21-8-6-12(7-9-21)22-10-14(24)23(15(22)25)13-4-2-1-3-5-13/h1-5,12H,6-11H2. The summed E-state index contributed by atoms with van der Waals surface area (Å²) in [6.07, 6.45) is -4.87. The third kappa shape index (κ3) is 4.32. The molecule has 27 heavy (non-hydrogen) atoms. The molecule has 0 radical (unpaired) electrons.